The van der Waals surface area contributed by atoms with Gasteiger partial charge in [-0.15, -0.1) is 0 Å². The van der Waals surface area contributed by atoms with E-state index in [9.17, 15) is 4.79 Å². The van der Waals surface area contributed by atoms with Crippen molar-refractivity contribution in [3.63, 3.8) is 0 Å². The van der Waals surface area contributed by atoms with Gasteiger partial charge < -0.3 is 5.73 Å². The molecule has 1 amide bonds. The van der Waals surface area contributed by atoms with E-state index >= 15 is 0 Å². The van der Waals surface area contributed by atoms with E-state index in [0.29, 0.717) is 0 Å². The third-order valence-corrected chi connectivity index (χ3v) is 2.22. The topological polar surface area (TPSA) is 43.1 Å². The summed E-state index contributed by atoms with van der Waals surface area (Å²) < 4.78 is 0. The zero-order chi connectivity index (χ0) is 6.08. The van der Waals surface area contributed by atoms with Crippen LogP contribution in [0.25, 0.3) is 0 Å². The fraction of sp³-hybridized carbons (Fsp3) is 0.750. The van der Waals surface area contributed by atoms with Crippen LogP contribution in [0.5, 0.6) is 0 Å². The molecule has 0 aliphatic heterocycles. The molecule has 0 aliphatic rings. The van der Waals surface area contributed by atoms with Gasteiger partial charge in [-0.25, -0.2) is 0 Å². The van der Waals surface area contributed by atoms with E-state index in [1.807, 2.05) is 19.6 Å². The first-order valence-corrected chi connectivity index (χ1v) is 5.74. The molecular weight excluding hydrogens is 113 g/mol. The molecule has 8 heavy (non-hydrogen) atoms. The Labute approximate surface area is 63.0 Å². The quantitative estimate of drug-likeness (QED) is 0.504. The van der Waals surface area contributed by atoms with E-state index in [0.717, 1.165) is 0 Å². The van der Waals surface area contributed by atoms with Gasteiger partial charge in [-0.05, 0) is 0 Å². The van der Waals surface area contributed by atoms with Gasteiger partial charge in [0.05, 0.1) is 0 Å². The standard InChI is InChI=1S/C4H11NOSi.Li.H/c1-7(2,3)4(5)6;;/h1-3H3,(H2,5,6);;. The van der Waals surface area contributed by atoms with Crippen LogP contribution in [0.4, 0.5) is 4.79 Å². The van der Waals surface area contributed by atoms with Crippen molar-refractivity contribution >= 4 is 32.5 Å². The summed E-state index contributed by atoms with van der Waals surface area (Å²) in [5, 5.41) is 0. The summed E-state index contributed by atoms with van der Waals surface area (Å²) in [7, 11) is -1.60. The number of rotatable bonds is 1. The van der Waals surface area contributed by atoms with Gasteiger partial charge in [0.15, 0.2) is 13.6 Å². The molecule has 0 bridgehead atoms. The number of hydrogen-bond acceptors (Lipinski definition) is 1. The molecule has 0 unspecified atom stereocenters. The second-order valence-electron chi connectivity index (χ2n) is 2.61. The molecule has 0 aromatic heterocycles. The predicted molar refractivity (Wildman–Crippen MR) is 40.1 cm³/mol. The molecule has 0 heterocycles. The van der Waals surface area contributed by atoms with E-state index in [1.165, 1.54) is 0 Å². The van der Waals surface area contributed by atoms with Crippen molar-refractivity contribution in [3.05, 3.63) is 0 Å². The summed E-state index contributed by atoms with van der Waals surface area (Å²) in [6.45, 7) is 5.78. The van der Waals surface area contributed by atoms with E-state index in [-0.39, 0.29) is 24.4 Å². The Morgan fingerprint density at radius 3 is 1.50 bits per heavy atom. The molecule has 44 valence electrons. The van der Waals surface area contributed by atoms with Crippen molar-refractivity contribution in [2.75, 3.05) is 0 Å². The summed E-state index contributed by atoms with van der Waals surface area (Å²) in [4.78, 5) is 10.3. The third-order valence-electron chi connectivity index (χ3n) is 0.739. The molecule has 2 nitrogen and oxygen atoms in total. The number of primary amides is 1. The van der Waals surface area contributed by atoms with Crippen molar-refractivity contribution < 1.29 is 4.79 Å². The fourth-order valence-electron chi connectivity index (χ4n) is 0. The molecule has 0 rings (SSSR count). The van der Waals surface area contributed by atoms with Gasteiger partial charge in [0, 0.05) is 0 Å². The van der Waals surface area contributed by atoms with Crippen LogP contribution in [-0.2, 0) is 0 Å². The van der Waals surface area contributed by atoms with Gasteiger partial charge in [0.2, 0.25) is 0 Å². The summed E-state index contributed by atoms with van der Waals surface area (Å²) in [6, 6.07) is 0. The van der Waals surface area contributed by atoms with Gasteiger partial charge in [0.25, 0.3) is 0 Å². The Kier molecular flexibility index (Phi) is 4.64. The van der Waals surface area contributed by atoms with E-state index in [1.54, 1.807) is 0 Å². The van der Waals surface area contributed by atoms with Crippen molar-refractivity contribution in [2.45, 2.75) is 19.6 Å². The van der Waals surface area contributed by atoms with Crippen molar-refractivity contribution in [1.29, 1.82) is 0 Å². The predicted octanol–water partition coefficient (Wildman–Crippen LogP) is 0.336. The monoisotopic (exact) mass is 125 g/mol. The second kappa shape index (κ2) is 3.34. The average molecular weight is 125 g/mol. The molecule has 0 aromatic carbocycles. The maximum atomic E-state index is 10.3. The Morgan fingerprint density at radius 1 is 1.38 bits per heavy atom. The van der Waals surface area contributed by atoms with Crippen LogP contribution in [0.15, 0.2) is 0 Å². The number of amides is 1. The Morgan fingerprint density at radius 2 is 1.50 bits per heavy atom. The maximum absolute atomic E-state index is 10.3. The summed E-state index contributed by atoms with van der Waals surface area (Å²) >= 11 is 0. The first-order chi connectivity index (χ1) is 2.94. The van der Waals surface area contributed by atoms with Crippen LogP contribution >= 0.6 is 0 Å². The molecule has 2 N–H and O–H groups in total. The van der Waals surface area contributed by atoms with Crippen LogP contribution in [0, 0.1) is 0 Å². The molecule has 0 spiro atoms. The van der Waals surface area contributed by atoms with Gasteiger partial charge in [-0.1, -0.05) is 19.6 Å². The van der Waals surface area contributed by atoms with Gasteiger partial charge in [-0.2, -0.15) is 0 Å². The zero-order valence-electron chi connectivity index (χ0n) is 4.99. The van der Waals surface area contributed by atoms with Crippen molar-refractivity contribution in [3.8, 4) is 0 Å². The number of carbonyl (C=O) groups is 1. The van der Waals surface area contributed by atoms with Gasteiger partial charge >= 0.3 is 18.9 Å². The Balaban J connectivity index is 0. The molecule has 0 saturated heterocycles. The van der Waals surface area contributed by atoms with Gasteiger partial charge in [-0.3, -0.25) is 4.79 Å². The molecule has 0 atom stereocenters. The molecule has 0 saturated carbocycles. The zero-order valence-corrected chi connectivity index (χ0v) is 5.99. The number of nitrogens with two attached hydrogens (primary N) is 1. The number of carbonyl (C=O) groups excluding carboxylic acids is 1. The molecule has 4 heteroatoms. The van der Waals surface area contributed by atoms with Crippen molar-refractivity contribution in [1.82, 2.24) is 0 Å². The Hall–Kier alpha value is 0.284. The van der Waals surface area contributed by atoms with Crippen LogP contribution in [0.3, 0.4) is 0 Å². The first kappa shape index (κ1) is 11.1. The van der Waals surface area contributed by atoms with Crippen LogP contribution in [0.1, 0.15) is 0 Å². The summed E-state index contributed by atoms with van der Waals surface area (Å²) in [5.41, 5.74) is 4.87. The van der Waals surface area contributed by atoms with Crippen LogP contribution in [0.2, 0.25) is 19.6 Å². The van der Waals surface area contributed by atoms with Crippen LogP contribution < -0.4 is 5.73 Å². The van der Waals surface area contributed by atoms with Crippen molar-refractivity contribution in [2.24, 2.45) is 5.73 Å². The molecule has 0 fully saturated rings. The SMILES string of the molecule is C[Si](C)(C)C(N)=O.[LiH]. The first-order valence-electron chi connectivity index (χ1n) is 2.24. The minimum absolute atomic E-state index is 0. The van der Waals surface area contributed by atoms with E-state index < -0.39 is 8.07 Å². The van der Waals surface area contributed by atoms with Crippen LogP contribution in [-0.4, -0.2) is 32.5 Å². The van der Waals surface area contributed by atoms with E-state index in [2.05, 4.69) is 0 Å². The summed E-state index contributed by atoms with van der Waals surface area (Å²) in [5.74, 6) is 0. The molecular formula is C4H12LiNOSi. The fourth-order valence-corrected chi connectivity index (χ4v) is 0. The minimum atomic E-state index is -1.60. The molecule has 0 radical (unpaired) electrons. The number of hydrogen-bond donors (Lipinski definition) is 1. The third kappa shape index (κ3) is 4.44. The normalized spacial score (nSPS) is 9.88. The second-order valence-corrected chi connectivity index (χ2v) is 7.61. The Bertz CT molecular complexity index is 88.5. The average Bonchev–Trinajstić information content (AvgIpc) is 1.31. The van der Waals surface area contributed by atoms with E-state index in [4.69, 9.17) is 5.73 Å². The summed E-state index contributed by atoms with van der Waals surface area (Å²) in [6.07, 6.45) is 0. The molecule has 0 aliphatic carbocycles. The van der Waals surface area contributed by atoms with Gasteiger partial charge in [0.1, 0.15) is 0 Å². The molecule has 0 aromatic rings.